The molecular weight excluding hydrogens is 616 g/mol. The van der Waals surface area contributed by atoms with Gasteiger partial charge in [0.25, 0.3) is 0 Å². The molecule has 6 aliphatic heterocycles. The molecule has 2 aromatic heterocycles. The molecule has 192 valence electrons. The molecule has 7 nitrogen and oxygen atoms in total. The molecule has 4 bridgehead atoms. The Morgan fingerprint density at radius 2 is 1.39 bits per heavy atom. The van der Waals surface area contributed by atoms with Gasteiger partial charge in [-0.2, -0.15) is 0 Å². The number of nitrogens with zero attached hydrogens (tertiary/aromatic N) is 7. The molecule has 0 radical (unpaired) electrons. The van der Waals surface area contributed by atoms with Crippen molar-refractivity contribution >= 4 is 30.4 Å². The summed E-state index contributed by atoms with van der Waals surface area (Å²) in [7, 11) is 0. The molecule has 0 aromatic carbocycles. The Morgan fingerprint density at radius 3 is 2.00 bits per heavy atom. The first-order valence-corrected chi connectivity index (χ1v) is 13.3. The van der Waals surface area contributed by atoms with Gasteiger partial charge < -0.3 is 29.2 Å². The van der Waals surface area contributed by atoms with Crippen LogP contribution in [-0.2, 0) is 6.42 Å². The second-order valence-corrected chi connectivity index (χ2v) is 10.6. The first-order valence-electron chi connectivity index (χ1n) is 13.3. The monoisotopic (exact) mass is 646 g/mol. The van der Waals surface area contributed by atoms with Crippen molar-refractivity contribution in [3.05, 3.63) is 92.5 Å². The van der Waals surface area contributed by atoms with Gasteiger partial charge in [-0.15, -0.1) is 10.7 Å². The van der Waals surface area contributed by atoms with Gasteiger partial charge in [0.2, 0.25) is 0 Å². The molecule has 3 atom stereocenters. The number of fused-ring (bicyclic) bond motifs is 3. The van der Waals surface area contributed by atoms with Crippen LogP contribution in [0.5, 0.6) is 0 Å². The van der Waals surface area contributed by atoms with E-state index in [0.29, 0.717) is 0 Å². The molecule has 8 rings (SSSR count). The van der Waals surface area contributed by atoms with Crippen LogP contribution in [0.15, 0.2) is 65.0 Å². The summed E-state index contributed by atoms with van der Waals surface area (Å²) in [6, 6.07) is 4.62. The largest absolute Gasteiger partial charge is 2.00 e. The van der Waals surface area contributed by atoms with Gasteiger partial charge in [-0.25, -0.2) is 4.99 Å². The van der Waals surface area contributed by atoms with E-state index in [-0.39, 0.29) is 58.3 Å². The Balaban J connectivity index is 0.00000242. The molecule has 0 fully saturated rings. The Kier molecular flexibility index (Phi) is 5.49. The summed E-state index contributed by atoms with van der Waals surface area (Å²) in [4.78, 5) is 19.8. The van der Waals surface area contributed by atoms with E-state index >= 15 is 0 Å². The van der Waals surface area contributed by atoms with Crippen molar-refractivity contribution in [2.75, 3.05) is 0 Å². The summed E-state index contributed by atoms with van der Waals surface area (Å²) in [5.74, 6) is 0. The first kappa shape index (κ1) is 24.3. The SMILES string of the molecule is CCC1=C(C)C2=NC/1=C\N1C=CN3C=c4ccc5n4C(C31)C1N(C=CN1/C=c1\[n-]/c(c(C)c1CC)=C\2)C=5.[Gd+2]. The molecule has 0 spiro atoms. The van der Waals surface area contributed by atoms with E-state index in [0.717, 1.165) is 34.9 Å². The summed E-state index contributed by atoms with van der Waals surface area (Å²) >= 11 is 0. The first-order chi connectivity index (χ1) is 18.1. The Labute approximate surface area is 254 Å². The summed E-state index contributed by atoms with van der Waals surface area (Å²) in [5, 5.41) is 4.55. The fourth-order valence-corrected chi connectivity index (χ4v) is 6.97. The van der Waals surface area contributed by atoms with E-state index in [4.69, 9.17) is 9.98 Å². The van der Waals surface area contributed by atoms with E-state index in [1.54, 1.807) is 0 Å². The van der Waals surface area contributed by atoms with Gasteiger partial charge in [-0.05, 0) is 56.2 Å². The van der Waals surface area contributed by atoms with Crippen molar-refractivity contribution in [1.82, 2.24) is 29.2 Å². The van der Waals surface area contributed by atoms with Gasteiger partial charge in [0.05, 0.1) is 22.1 Å². The van der Waals surface area contributed by atoms with Gasteiger partial charge in [-0.1, -0.05) is 31.1 Å². The number of allylic oxidation sites excluding steroid dienone is 2. The minimum Gasteiger partial charge on any atom is -0.656 e. The average molecular weight is 646 g/mol. The average Bonchev–Trinajstić information content (AvgIpc) is 3.69. The molecule has 8 heterocycles. The molecule has 3 unspecified atom stereocenters. The normalized spacial score (nSPS) is 28.4. The summed E-state index contributed by atoms with van der Waals surface area (Å²) in [6.07, 6.45) is 22.1. The van der Waals surface area contributed by atoms with Crippen LogP contribution in [0.2, 0.25) is 0 Å². The van der Waals surface area contributed by atoms with E-state index in [1.807, 2.05) is 0 Å². The predicted octanol–water partition coefficient (Wildman–Crippen LogP) is 1.45. The zero-order valence-electron chi connectivity index (χ0n) is 22.0. The van der Waals surface area contributed by atoms with Crippen LogP contribution in [0, 0.1) is 46.9 Å². The van der Waals surface area contributed by atoms with Crippen molar-refractivity contribution in [3.8, 4) is 0 Å². The third kappa shape index (κ3) is 3.17. The smallest absolute Gasteiger partial charge is 0.656 e. The van der Waals surface area contributed by atoms with Gasteiger partial charge in [-0.3, -0.25) is 0 Å². The molecule has 0 N–H and O–H groups in total. The summed E-state index contributed by atoms with van der Waals surface area (Å²) in [5.41, 5.74) is 7.20. The maximum Gasteiger partial charge on any atom is 2.00 e. The van der Waals surface area contributed by atoms with Crippen LogP contribution in [0.25, 0.3) is 24.7 Å². The fourth-order valence-electron chi connectivity index (χ4n) is 6.97. The van der Waals surface area contributed by atoms with E-state index in [9.17, 15) is 0 Å². The number of rotatable bonds is 2. The Morgan fingerprint density at radius 1 is 0.789 bits per heavy atom. The van der Waals surface area contributed by atoms with E-state index in [2.05, 4.69) is 120 Å². The zero-order chi connectivity index (χ0) is 25.0. The third-order valence-corrected chi connectivity index (χ3v) is 8.79. The number of hydrogen-bond acceptors (Lipinski definition) is 5. The summed E-state index contributed by atoms with van der Waals surface area (Å²) in [6.45, 7) is 8.86. The molecule has 6 aliphatic rings. The third-order valence-electron chi connectivity index (χ3n) is 8.79. The second-order valence-electron chi connectivity index (χ2n) is 10.6. The van der Waals surface area contributed by atoms with Crippen LogP contribution >= 0.6 is 0 Å². The zero-order valence-corrected chi connectivity index (χ0v) is 24.2. The molecule has 2 aromatic rings. The maximum absolute atomic E-state index is 5.17. The van der Waals surface area contributed by atoms with Crippen LogP contribution in [-0.4, -0.2) is 42.2 Å². The van der Waals surface area contributed by atoms with E-state index < -0.39 is 0 Å². The van der Waals surface area contributed by atoms with Crippen molar-refractivity contribution in [2.45, 2.75) is 58.9 Å². The van der Waals surface area contributed by atoms with Crippen LogP contribution < -0.4 is 26.4 Å². The standard InChI is InChI=1S/C30H30N7.Gd/c1-5-22-18(3)24-13-25-19(4)23(6-2)27(32-25)17-36-12-10-34-15-21-8-7-20-14-33-9-11-35(16-26(22)31-24)29(33)28(30(34)36)37(20)21;/h7-17,28-30H,5-6H2,1-4H3;/q-1;+2/b24-13-,26-16-,27-17-;. The van der Waals surface area contributed by atoms with Gasteiger partial charge in [0.15, 0.2) is 0 Å². The molecule has 0 amide bonds. The molecule has 0 saturated heterocycles. The predicted molar refractivity (Wildman–Crippen MR) is 145 cm³/mol. The number of aliphatic imine (C=N–C) groups is 1. The minimum atomic E-state index is 0. The van der Waals surface area contributed by atoms with Gasteiger partial charge in [0.1, 0.15) is 18.4 Å². The molecule has 0 aliphatic carbocycles. The molecule has 0 saturated carbocycles. The van der Waals surface area contributed by atoms with Crippen LogP contribution in [0.4, 0.5) is 0 Å². The van der Waals surface area contributed by atoms with Crippen molar-refractivity contribution < 1.29 is 39.9 Å². The van der Waals surface area contributed by atoms with Crippen molar-refractivity contribution in [3.63, 3.8) is 0 Å². The van der Waals surface area contributed by atoms with Crippen molar-refractivity contribution in [2.24, 2.45) is 4.99 Å². The molecule has 8 heteroatoms. The maximum atomic E-state index is 5.17. The van der Waals surface area contributed by atoms with Crippen LogP contribution in [0.3, 0.4) is 0 Å². The quantitative estimate of drug-likeness (QED) is 0.495. The molecule has 38 heavy (non-hydrogen) atoms. The minimum absolute atomic E-state index is 0. The Bertz CT molecular complexity index is 1780. The van der Waals surface area contributed by atoms with E-state index in [1.165, 1.54) is 33.0 Å². The van der Waals surface area contributed by atoms with Crippen molar-refractivity contribution in [1.29, 1.82) is 0 Å². The number of aromatic nitrogens is 2. The number of hydrogen-bond donors (Lipinski definition) is 0. The Hall–Kier alpha value is -2.81. The van der Waals surface area contributed by atoms with Gasteiger partial charge >= 0.3 is 39.9 Å². The topological polar surface area (TPSA) is 44.4 Å². The van der Waals surface area contributed by atoms with Gasteiger partial charge in [0, 0.05) is 43.4 Å². The molecular formula is C30H30GdN7+. The second kappa shape index (κ2) is 8.60. The summed E-state index contributed by atoms with van der Waals surface area (Å²) < 4.78 is 2.51. The van der Waals surface area contributed by atoms with Crippen LogP contribution in [0.1, 0.15) is 44.4 Å². The fraction of sp³-hybridized carbons (Fsp3) is 0.300.